The van der Waals surface area contributed by atoms with Crippen molar-refractivity contribution in [3.05, 3.63) is 0 Å². The fraction of sp³-hybridized carbons (Fsp3) is 0.800. The van der Waals surface area contributed by atoms with Gasteiger partial charge in [-0.25, -0.2) is 9.79 Å². The topological polar surface area (TPSA) is 83.0 Å². The Hall–Kier alpha value is -1.63. The molecule has 2 aliphatic heterocycles. The molecule has 0 bridgehead atoms. The molecule has 1 spiro atoms. The van der Waals surface area contributed by atoms with E-state index in [1.165, 1.54) is 0 Å². The molecule has 7 nitrogen and oxygen atoms in total. The maximum absolute atomic E-state index is 12.8. The molecule has 0 aromatic carbocycles. The predicted molar refractivity (Wildman–Crippen MR) is 83.6 cm³/mol. The zero-order chi connectivity index (χ0) is 16.5. The van der Waals surface area contributed by atoms with Gasteiger partial charge in [-0.15, -0.1) is 0 Å². The number of piperidine rings is 1. The van der Waals surface area contributed by atoms with Crippen LogP contribution in [0.2, 0.25) is 0 Å². The number of ether oxygens (including phenoxy) is 1. The van der Waals surface area contributed by atoms with Crippen molar-refractivity contribution in [2.24, 2.45) is 4.99 Å². The summed E-state index contributed by atoms with van der Waals surface area (Å²) in [6, 6.07) is -0.0737. The number of nitrogens with one attached hydrogen (secondary N) is 2. The molecule has 1 saturated heterocycles. The summed E-state index contributed by atoms with van der Waals surface area (Å²) >= 11 is 0. The maximum Gasteiger partial charge on any atom is 0.414 e. The molecule has 0 aromatic rings. The number of amides is 2. The molecule has 0 atom stereocenters. The number of aliphatic imine (C=N–C) groups is 1. The number of hydrogen-bond acceptors (Lipinski definition) is 5. The van der Waals surface area contributed by atoms with Crippen molar-refractivity contribution in [1.29, 1.82) is 0 Å². The summed E-state index contributed by atoms with van der Waals surface area (Å²) in [5, 5.41) is 5.88. The van der Waals surface area contributed by atoms with Crippen LogP contribution in [0.4, 0.5) is 4.79 Å². The molecule has 22 heavy (non-hydrogen) atoms. The van der Waals surface area contributed by atoms with E-state index in [9.17, 15) is 9.59 Å². The highest BCUT2D eigenvalue weighted by molar-refractivity contribution is 6.11. The molecule has 2 amide bonds. The predicted octanol–water partition coefficient (Wildman–Crippen LogP) is 1.24. The van der Waals surface area contributed by atoms with E-state index in [2.05, 4.69) is 15.6 Å². The number of alkyl carbamates (subject to hydrolysis) is 1. The Bertz CT molecular complexity index is 488. The number of nitrogens with zero attached hydrogens (tertiary/aromatic N) is 2. The van der Waals surface area contributed by atoms with Gasteiger partial charge in [0.25, 0.3) is 5.91 Å². The average Bonchev–Trinajstić information content (AvgIpc) is 2.60. The highest BCUT2D eigenvalue weighted by Gasteiger charge is 2.50. The fourth-order valence-electron chi connectivity index (χ4n) is 2.75. The Balaban J connectivity index is 2.20. The molecule has 7 heteroatoms. The molecule has 2 heterocycles. The van der Waals surface area contributed by atoms with Crippen molar-refractivity contribution in [2.75, 3.05) is 13.1 Å². The lowest BCUT2D eigenvalue weighted by Crippen LogP contribution is -2.52. The van der Waals surface area contributed by atoms with E-state index in [0.29, 0.717) is 18.8 Å². The largest absolute Gasteiger partial charge is 0.444 e. The van der Waals surface area contributed by atoms with Crippen molar-refractivity contribution < 1.29 is 14.3 Å². The first-order chi connectivity index (χ1) is 10.1. The van der Waals surface area contributed by atoms with Gasteiger partial charge in [0.05, 0.1) is 0 Å². The van der Waals surface area contributed by atoms with Crippen molar-refractivity contribution >= 4 is 18.0 Å². The van der Waals surface area contributed by atoms with E-state index in [1.807, 2.05) is 13.8 Å². The zero-order valence-corrected chi connectivity index (χ0v) is 14.0. The second-order valence-corrected chi connectivity index (χ2v) is 7.11. The lowest BCUT2D eigenvalue weighted by molar-refractivity contribution is -0.133. The van der Waals surface area contributed by atoms with Gasteiger partial charge in [-0.1, -0.05) is 0 Å². The summed E-state index contributed by atoms with van der Waals surface area (Å²) in [5.74, 6) is 0.270. The second-order valence-electron chi connectivity index (χ2n) is 7.11. The molecular formula is C15H26N4O3. The smallest absolute Gasteiger partial charge is 0.414 e. The van der Waals surface area contributed by atoms with Gasteiger partial charge in [0, 0.05) is 6.04 Å². The van der Waals surface area contributed by atoms with E-state index in [1.54, 1.807) is 25.7 Å². The van der Waals surface area contributed by atoms with Crippen LogP contribution in [0.25, 0.3) is 0 Å². The normalized spacial score (nSPS) is 21.3. The maximum atomic E-state index is 12.8. The first-order valence-electron chi connectivity index (χ1n) is 7.79. The molecule has 124 valence electrons. The van der Waals surface area contributed by atoms with Crippen LogP contribution in [0.15, 0.2) is 4.99 Å². The van der Waals surface area contributed by atoms with E-state index < -0.39 is 17.2 Å². The Labute approximate surface area is 131 Å². The van der Waals surface area contributed by atoms with E-state index >= 15 is 0 Å². The molecule has 0 unspecified atom stereocenters. The lowest BCUT2D eigenvalue weighted by atomic mass is 9.88. The summed E-state index contributed by atoms with van der Waals surface area (Å²) < 4.78 is 5.26. The molecule has 0 aliphatic carbocycles. The summed E-state index contributed by atoms with van der Waals surface area (Å²) in [4.78, 5) is 30.9. The highest BCUT2D eigenvalue weighted by Crippen LogP contribution is 2.32. The Morgan fingerprint density at radius 1 is 1.36 bits per heavy atom. The molecular weight excluding hydrogens is 284 g/mol. The van der Waals surface area contributed by atoms with Crippen molar-refractivity contribution in [3.8, 4) is 0 Å². The molecule has 1 fully saturated rings. The van der Waals surface area contributed by atoms with Crippen LogP contribution in [0.3, 0.4) is 0 Å². The van der Waals surface area contributed by atoms with Crippen molar-refractivity contribution in [3.63, 3.8) is 0 Å². The Kier molecular flexibility index (Phi) is 4.47. The summed E-state index contributed by atoms with van der Waals surface area (Å²) in [5.41, 5.74) is -1.33. The third kappa shape index (κ3) is 3.40. The number of carbonyl (C=O) groups is 2. The van der Waals surface area contributed by atoms with Gasteiger partial charge in [-0.05, 0) is 60.5 Å². The van der Waals surface area contributed by atoms with Crippen LogP contribution in [-0.2, 0) is 9.53 Å². The minimum Gasteiger partial charge on any atom is -0.444 e. The van der Waals surface area contributed by atoms with E-state index in [4.69, 9.17) is 4.74 Å². The molecule has 2 N–H and O–H groups in total. The first-order valence-corrected chi connectivity index (χ1v) is 7.79. The standard InChI is InChI=1S/C15H26N4O3/c1-10(2)19-11(20)15(6-8-16-9-7-15)18-12(19)17-13(21)22-14(3,4)5/h10,16H,6-9H2,1-5H3,(H,17,18,21). The van der Waals surface area contributed by atoms with Gasteiger partial charge in [0.1, 0.15) is 11.1 Å². The van der Waals surface area contributed by atoms with Crippen LogP contribution in [0.5, 0.6) is 0 Å². The van der Waals surface area contributed by atoms with Crippen LogP contribution < -0.4 is 10.6 Å². The van der Waals surface area contributed by atoms with Gasteiger partial charge in [-0.2, -0.15) is 0 Å². The summed E-state index contributed by atoms with van der Waals surface area (Å²) in [6.45, 7) is 10.7. The molecule has 0 radical (unpaired) electrons. The summed E-state index contributed by atoms with van der Waals surface area (Å²) in [6.07, 6.45) is 0.707. The van der Waals surface area contributed by atoms with Gasteiger partial charge in [0.15, 0.2) is 0 Å². The molecule has 2 aliphatic rings. The number of rotatable bonds is 1. The van der Waals surface area contributed by atoms with Crippen molar-refractivity contribution in [2.45, 2.75) is 64.6 Å². The minimum absolute atomic E-state index is 0.0324. The average molecular weight is 310 g/mol. The van der Waals surface area contributed by atoms with Crippen LogP contribution in [0.1, 0.15) is 47.5 Å². The van der Waals surface area contributed by atoms with E-state index in [0.717, 1.165) is 13.1 Å². The fourth-order valence-corrected chi connectivity index (χ4v) is 2.75. The first kappa shape index (κ1) is 16.7. The van der Waals surface area contributed by atoms with Crippen LogP contribution in [0, 0.1) is 0 Å². The van der Waals surface area contributed by atoms with E-state index in [-0.39, 0.29) is 11.9 Å². The quantitative estimate of drug-likeness (QED) is 0.763. The third-order valence-corrected chi connectivity index (χ3v) is 3.72. The third-order valence-electron chi connectivity index (χ3n) is 3.72. The van der Waals surface area contributed by atoms with Crippen LogP contribution in [-0.4, -0.2) is 53.1 Å². The van der Waals surface area contributed by atoms with Crippen molar-refractivity contribution in [1.82, 2.24) is 15.5 Å². The summed E-state index contributed by atoms with van der Waals surface area (Å²) in [7, 11) is 0. The second kappa shape index (κ2) is 5.87. The Morgan fingerprint density at radius 2 is 1.95 bits per heavy atom. The van der Waals surface area contributed by atoms with Gasteiger partial charge in [-0.3, -0.25) is 15.0 Å². The number of carbonyl (C=O) groups excluding carboxylic acids is 2. The highest BCUT2D eigenvalue weighted by atomic mass is 16.6. The molecule has 0 aromatic heterocycles. The minimum atomic E-state index is -0.736. The van der Waals surface area contributed by atoms with Gasteiger partial charge >= 0.3 is 6.09 Å². The SMILES string of the molecule is CC(C)N1C(=O)C2(CCNCC2)N=C1NC(=O)OC(C)(C)C. The number of hydrogen-bond donors (Lipinski definition) is 2. The lowest BCUT2D eigenvalue weighted by Gasteiger charge is -2.31. The van der Waals surface area contributed by atoms with Crippen LogP contribution >= 0.6 is 0 Å². The Morgan fingerprint density at radius 3 is 2.45 bits per heavy atom. The molecule has 0 saturated carbocycles. The zero-order valence-electron chi connectivity index (χ0n) is 14.0. The van der Waals surface area contributed by atoms with Gasteiger partial charge in [0.2, 0.25) is 5.96 Å². The number of guanidine groups is 1. The van der Waals surface area contributed by atoms with Gasteiger partial charge < -0.3 is 10.1 Å². The monoisotopic (exact) mass is 310 g/mol. The molecule has 2 rings (SSSR count).